The fourth-order valence-corrected chi connectivity index (χ4v) is 4.50. The van der Waals surface area contributed by atoms with Gasteiger partial charge in [0, 0.05) is 0 Å². The van der Waals surface area contributed by atoms with Crippen LogP contribution in [0.5, 0.6) is 0 Å². The number of aliphatic hydroxyl groups is 1. The van der Waals surface area contributed by atoms with Crippen molar-refractivity contribution in [3.63, 3.8) is 0 Å². The molecule has 1 atom stereocenters. The van der Waals surface area contributed by atoms with E-state index in [1.165, 1.54) is 25.5 Å². The zero-order valence-corrected chi connectivity index (χ0v) is 23.9. The minimum Gasteiger partial charge on any atom is -0.387 e. The van der Waals surface area contributed by atoms with E-state index >= 15 is 0 Å². The van der Waals surface area contributed by atoms with Crippen LogP contribution in [0.3, 0.4) is 0 Å². The van der Waals surface area contributed by atoms with E-state index in [0.717, 1.165) is 56.3 Å². The Bertz CT molecular complexity index is 1360. The number of rotatable bonds is 15. The summed E-state index contributed by atoms with van der Waals surface area (Å²) in [6.07, 6.45) is 12.1. The van der Waals surface area contributed by atoms with Crippen LogP contribution in [0.2, 0.25) is 0 Å². The van der Waals surface area contributed by atoms with Crippen LogP contribution in [0.1, 0.15) is 102 Å². The third-order valence-electron chi connectivity index (χ3n) is 6.84. The predicted octanol–water partition coefficient (Wildman–Crippen LogP) is 6.54. The molecule has 4 heterocycles. The number of aromatic nitrogens is 8. The van der Waals surface area contributed by atoms with E-state index in [-0.39, 0.29) is 0 Å². The largest absolute Gasteiger partial charge is 0.387 e. The molecule has 1 N–H and O–H groups in total. The highest BCUT2D eigenvalue weighted by molar-refractivity contribution is 5.62. The average molecular weight is 541 g/mol. The molecule has 4 rings (SSSR count). The Morgan fingerprint density at radius 1 is 0.600 bits per heavy atom. The van der Waals surface area contributed by atoms with Crippen molar-refractivity contribution in [1.29, 1.82) is 0 Å². The van der Waals surface area contributed by atoms with Gasteiger partial charge in [0.25, 0.3) is 0 Å². The van der Waals surface area contributed by atoms with Crippen molar-refractivity contribution in [2.75, 3.05) is 0 Å². The van der Waals surface area contributed by atoms with E-state index in [0.29, 0.717) is 46.5 Å². The summed E-state index contributed by atoms with van der Waals surface area (Å²) in [7, 11) is 0. The minimum atomic E-state index is -0.672. The first-order chi connectivity index (χ1) is 19.6. The van der Waals surface area contributed by atoms with Crippen LogP contribution in [0.25, 0.3) is 34.4 Å². The molecule has 9 heteroatoms. The summed E-state index contributed by atoms with van der Waals surface area (Å²) in [5.74, 6) is 0.902. The summed E-state index contributed by atoms with van der Waals surface area (Å²) in [6, 6.07) is 11.4. The molecule has 4 aromatic rings. The summed E-state index contributed by atoms with van der Waals surface area (Å²) in [4.78, 5) is 19.1. The molecule has 0 aromatic carbocycles. The molecule has 0 saturated heterocycles. The zero-order chi connectivity index (χ0) is 28.2. The predicted molar refractivity (Wildman–Crippen MR) is 156 cm³/mol. The van der Waals surface area contributed by atoms with Gasteiger partial charge in [0.15, 0.2) is 0 Å². The molecule has 0 bridgehead atoms. The molecule has 4 aromatic heterocycles. The Kier molecular flexibility index (Phi) is 11.1. The van der Waals surface area contributed by atoms with Crippen LogP contribution < -0.4 is 0 Å². The highest BCUT2D eigenvalue weighted by Crippen LogP contribution is 2.24. The number of hydrogen-bond donors (Lipinski definition) is 1. The number of nitrogens with zero attached hydrogens (tertiary/aromatic N) is 8. The summed E-state index contributed by atoms with van der Waals surface area (Å²) in [5.41, 5.74) is 5.13. The molecule has 1 unspecified atom stereocenters. The van der Waals surface area contributed by atoms with Crippen molar-refractivity contribution in [2.24, 2.45) is 0 Å². The van der Waals surface area contributed by atoms with E-state index in [2.05, 4.69) is 46.1 Å². The standard InChI is InChI=1S/C31H40N8O/c1-4-7-10-14-24-25(15-11-8-5-2)37-39-31(35-24)27-19-13-17-23(34-27)22-16-12-18-26(33-22)30-36-28(21-32-38-30)29(40)20-9-6-3/h12-13,16-19,21,29,40H,4-11,14-15,20H2,1-3H3. The smallest absolute Gasteiger partial charge is 0.200 e. The lowest BCUT2D eigenvalue weighted by Crippen LogP contribution is -2.07. The van der Waals surface area contributed by atoms with Crippen LogP contribution in [0, 0.1) is 0 Å². The topological polar surface area (TPSA) is 123 Å². The summed E-state index contributed by atoms with van der Waals surface area (Å²) in [5, 5.41) is 27.8. The van der Waals surface area contributed by atoms with Gasteiger partial charge in [-0.05, 0) is 56.4 Å². The molecule has 40 heavy (non-hydrogen) atoms. The number of hydrogen-bond acceptors (Lipinski definition) is 9. The second-order valence-electron chi connectivity index (χ2n) is 10.1. The van der Waals surface area contributed by atoms with Crippen LogP contribution in [0.4, 0.5) is 0 Å². The van der Waals surface area contributed by atoms with E-state index in [1.807, 2.05) is 36.4 Å². The van der Waals surface area contributed by atoms with Gasteiger partial charge < -0.3 is 5.11 Å². The van der Waals surface area contributed by atoms with Crippen molar-refractivity contribution >= 4 is 0 Å². The zero-order valence-electron chi connectivity index (χ0n) is 23.9. The lowest BCUT2D eigenvalue weighted by molar-refractivity contribution is 0.159. The Hall–Kier alpha value is -3.72. The van der Waals surface area contributed by atoms with Crippen molar-refractivity contribution in [1.82, 2.24) is 40.3 Å². The quantitative estimate of drug-likeness (QED) is 0.167. The van der Waals surface area contributed by atoms with Crippen molar-refractivity contribution in [2.45, 2.75) is 97.5 Å². The average Bonchev–Trinajstić information content (AvgIpc) is 3.01. The third kappa shape index (κ3) is 7.91. The monoisotopic (exact) mass is 540 g/mol. The molecule has 0 radical (unpaired) electrons. The van der Waals surface area contributed by atoms with Gasteiger partial charge in [-0.25, -0.2) is 19.9 Å². The maximum atomic E-state index is 10.5. The highest BCUT2D eigenvalue weighted by Gasteiger charge is 2.15. The molecule has 210 valence electrons. The van der Waals surface area contributed by atoms with Crippen molar-refractivity contribution < 1.29 is 5.11 Å². The minimum absolute atomic E-state index is 0.369. The molecular formula is C31H40N8O. The Balaban J connectivity index is 1.60. The fraction of sp³-hybridized carbons (Fsp3) is 0.484. The SMILES string of the molecule is CCCCCc1nnc(-c2cccc(-c3cccc(-c4nncc(C(O)CCCC)n4)n3)n2)nc1CCCCC. The summed E-state index contributed by atoms with van der Waals surface area (Å²) < 4.78 is 0. The van der Waals surface area contributed by atoms with Crippen LogP contribution in [0.15, 0.2) is 42.6 Å². The normalized spacial score (nSPS) is 12.0. The Labute approximate surface area is 237 Å². The van der Waals surface area contributed by atoms with Gasteiger partial charge in [-0.2, -0.15) is 10.2 Å². The fourth-order valence-electron chi connectivity index (χ4n) is 4.50. The molecule has 0 spiro atoms. The molecule has 9 nitrogen and oxygen atoms in total. The molecular weight excluding hydrogens is 500 g/mol. The molecule has 0 saturated carbocycles. The third-order valence-corrected chi connectivity index (χ3v) is 6.84. The van der Waals surface area contributed by atoms with E-state index < -0.39 is 6.10 Å². The van der Waals surface area contributed by atoms with Gasteiger partial charge in [-0.1, -0.05) is 71.4 Å². The lowest BCUT2D eigenvalue weighted by atomic mass is 10.1. The van der Waals surface area contributed by atoms with Gasteiger partial charge >= 0.3 is 0 Å². The molecule has 0 aliphatic heterocycles. The first-order valence-corrected chi connectivity index (χ1v) is 14.7. The Morgan fingerprint density at radius 2 is 1.18 bits per heavy atom. The number of pyridine rings is 2. The van der Waals surface area contributed by atoms with E-state index in [4.69, 9.17) is 15.0 Å². The molecule has 0 aliphatic rings. The van der Waals surface area contributed by atoms with Crippen LogP contribution >= 0.6 is 0 Å². The number of aliphatic hydroxyl groups excluding tert-OH is 1. The van der Waals surface area contributed by atoms with Gasteiger partial charge in [-0.3, -0.25) is 0 Å². The summed E-state index contributed by atoms with van der Waals surface area (Å²) >= 11 is 0. The molecule has 0 fully saturated rings. The lowest BCUT2D eigenvalue weighted by Gasteiger charge is -2.10. The molecule has 0 aliphatic carbocycles. The highest BCUT2D eigenvalue weighted by atomic mass is 16.3. The molecule has 0 amide bonds. The van der Waals surface area contributed by atoms with Gasteiger partial charge in [0.05, 0.1) is 40.8 Å². The first-order valence-electron chi connectivity index (χ1n) is 14.7. The number of unbranched alkanes of at least 4 members (excludes halogenated alkanes) is 5. The maximum absolute atomic E-state index is 10.5. The van der Waals surface area contributed by atoms with Gasteiger partial charge in [0.1, 0.15) is 11.4 Å². The van der Waals surface area contributed by atoms with Gasteiger partial charge in [0.2, 0.25) is 11.6 Å². The van der Waals surface area contributed by atoms with Crippen molar-refractivity contribution in [3.8, 4) is 34.4 Å². The van der Waals surface area contributed by atoms with Crippen molar-refractivity contribution in [3.05, 3.63) is 59.7 Å². The van der Waals surface area contributed by atoms with E-state index in [9.17, 15) is 5.11 Å². The summed E-state index contributed by atoms with van der Waals surface area (Å²) in [6.45, 7) is 6.51. The van der Waals surface area contributed by atoms with Crippen LogP contribution in [-0.2, 0) is 12.8 Å². The van der Waals surface area contributed by atoms with E-state index in [1.54, 1.807) is 0 Å². The van der Waals surface area contributed by atoms with Crippen LogP contribution in [-0.4, -0.2) is 45.4 Å². The first kappa shape index (κ1) is 29.3. The second kappa shape index (κ2) is 15.2. The van der Waals surface area contributed by atoms with Gasteiger partial charge in [-0.15, -0.1) is 10.2 Å². The second-order valence-corrected chi connectivity index (χ2v) is 10.1. The maximum Gasteiger partial charge on any atom is 0.200 e. The Morgan fingerprint density at radius 3 is 1.80 bits per heavy atom. The number of aryl methyl sites for hydroxylation is 2.